The SMILES string of the molecule is Cc1ccc2c(c1)C1(C/C=C\C=C/CC1)c1cc(C)c3ccccc3c1-2. The Bertz CT molecular complexity index is 1080. The first-order chi connectivity index (χ1) is 12.7. The third kappa shape index (κ3) is 2.08. The molecule has 0 aliphatic heterocycles. The molecule has 0 fully saturated rings. The van der Waals surface area contributed by atoms with Crippen LogP contribution in [0, 0.1) is 13.8 Å². The number of allylic oxidation sites excluding steroid dienone is 4. The fourth-order valence-corrected chi connectivity index (χ4v) is 5.08. The van der Waals surface area contributed by atoms with Crippen molar-refractivity contribution in [2.24, 2.45) is 0 Å². The minimum atomic E-state index is 0.104. The van der Waals surface area contributed by atoms with Gasteiger partial charge in [-0.25, -0.2) is 0 Å². The maximum atomic E-state index is 2.48. The van der Waals surface area contributed by atoms with Gasteiger partial charge in [0, 0.05) is 5.41 Å². The lowest BCUT2D eigenvalue weighted by atomic mass is 9.71. The summed E-state index contributed by atoms with van der Waals surface area (Å²) in [6.07, 6.45) is 12.5. The van der Waals surface area contributed by atoms with Crippen molar-refractivity contribution in [3.05, 3.63) is 95.1 Å². The Balaban J connectivity index is 1.91. The fraction of sp³-hybridized carbons (Fsp3) is 0.231. The molecular weight excluding hydrogens is 312 g/mol. The number of rotatable bonds is 0. The smallest absolute Gasteiger partial charge is 0.0253 e. The quantitative estimate of drug-likeness (QED) is 0.414. The standard InChI is InChI=1S/C26H24/c1-18-12-13-22-23(16-18)26(14-8-4-3-5-9-15-26)24-17-19(2)20-10-6-7-11-21(20)25(22)24/h3-8,10-13,16-17H,9,14-15H2,1-2H3/b5-3-,8-4-. The molecule has 0 aromatic heterocycles. The molecule has 2 aliphatic rings. The van der Waals surface area contributed by atoms with Crippen LogP contribution in [0.5, 0.6) is 0 Å². The van der Waals surface area contributed by atoms with Crippen molar-refractivity contribution in [1.82, 2.24) is 0 Å². The highest BCUT2D eigenvalue weighted by atomic mass is 14.4. The molecule has 1 spiro atoms. The van der Waals surface area contributed by atoms with Gasteiger partial charge in [0.1, 0.15) is 0 Å². The van der Waals surface area contributed by atoms with Crippen LogP contribution >= 0.6 is 0 Å². The molecule has 3 aromatic carbocycles. The molecule has 0 heterocycles. The second-order valence-electron chi connectivity index (χ2n) is 7.89. The maximum absolute atomic E-state index is 2.48. The van der Waals surface area contributed by atoms with Gasteiger partial charge in [-0.3, -0.25) is 0 Å². The van der Waals surface area contributed by atoms with Crippen molar-refractivity contribution in [2.75, 3.05) is 0 Å². The van der Waals surface area contributed by atoms with Gasteiger partial charge in [-0.05, 0) is 71.7 Å². The van der Waals surface area contributed by atoms with Gasteiger partial charge in [-0.1, -0.05) is 78.4 Å². The van der Waals surface area contributed by atoms with Crippen LogP contribution in [0.25, 0.3) is 21.9 Å². The zero-order valence-electron chi connectivity index (χ0n) is 15.5. The molecule has 0 bridgehead atoms. The number of aryl methyl sites for hydroxylation is 2. The molecule has 0 nitrogen and oxygen atoms in total. The van der Waals surface area contributed by atoms with E-state index in [0.29, 0.717) is 0 Å². The van der Waals surface area contributed by atoms with Gasteiger partial charge in [0.2, 0.25) is 0 Å². The van der Waals surface area contributed by atoms with E-state index in [0.717, 1.165) is 12.8 Å². The summed E-state index contributed by atoms with van der Waals surface area (Å²) in [7, 11) is 0. The van der Waals surface area contributed by atoms with Crippen LogP contribution in [0.15, 0.2) is 72.8 Å². The number of hydrogen-bond acceptors (Lipinski definition) is 0. The second kappa shape index (κ2) is 5.71. The highest BCUT2D eigenvalue weighted by molar-refractivity contribution is 6.04. The summed E-state index contributed by atoms with van der Waals surface area (Å²) in [5.74, 6) is 0. The summed E-state index contributed by atoms with van der Waals surface area (Å²) in [5, 5.41) is 2.79. The largest absolute Gasteiger partial charge is 0.0845 e. The van der Waals surface area contributed by atoms with E-state index >= 15 is 0 Å². The van der Waals surface area contributed by atoms with Crippen LogP contribution in [0.3, 0.4) is 0 Å². The lowest BCUT2D eigenvalue weighted by Gasteiger charge is -2.32. The van der Waals surface area contributed by atoms with E-state index in [1.807, 2.05) is 0 Å². The molecule has 1 unspecified atom stereocenters. The van der Waals surface area contributed by atoms with Gasteiger partial charge >= 0.3 is 0 Å². The second-order valence-corrected chi connectivity index (χ2v) is 7.89. The van der Waals surface area contributed by atoms with E-state index in [4.69, 9.17) is 0 Å². The van der Waals surface area contributed by atoms with Gasteiger partial charge in [0.15, 0.2) is 0 Å². The van der Waals surface area contributed by atoms with Gasteiger partial charge in [0.25, 0.3) is 0 Å². The van der Waals surface area contributed by atoms with Gasteiger partial charge in [0.05, 0.1) is 0 Å². The summed E-state index contributed by atoms with van der Waals surface area (Å²) in [4.78, 5) is 0. The van der Waals surface area contributed by atoms with Crippen LogP contribution in [-0.2, 0) is 5.41 Å². The predicted octanol–water partition coefficient (Wildman–Crippen LogP) is 7.02. The summed E-state index contributed by atoms with van der Waals surface area (Å²) in [6, 6.07) is 18.5. The van der Waals surface area contributed by atoms with E-state index in [1.54, 1.807) is 0 Å². The van der Waals surface area contributed by atoms with E-state index in [9.17, 15) is 0 Å². The molecule has 0 amide bonds. The monoisotopic (exact) mass is 336 g/mol. The first-order valence-corrected chi connectivity index (χ1v) is 9.67. The lowest BCUT2D eigenvalue weighted by Crippen LogP contribution is -2.25. The third-order valence-electron chi connectivity index (χ3n) is 6.31. The van der Waals surface area contributed by atoms with Crippen LogP contribution in [0.2, 0.25) is 0 Å². The Labute approximate surface area is 155 Å². The zero-order chi connectivity index (χ0) is 17.7. The molecule has 3 aromatic rings. The average molecular weight is 336 g/mol. The Morgan fingerprint density at radius 1 is 0.808 bits per heavy atom. The minimum absolute atomic E-state index is 0.104. The van der Waals surface area contributed by atoms with E-state index in [-0.39, 0.29) is 5.41 Å². The molecule has 2 aliphatic carbocycles. The lowest BCUT2D eigenvalue weighted by molar-refractivity contribution is 0.492. The Kier molecular flexibility index (Phi) is 3.43. The van der Waals surface area contributed by atoms with Crippen molar-refractivity contribution in [2.45, 2.75) is 38.5 Å². The molecular formula is C26H24. The molecule has 5 rings (SSSR count). The first-order valence-electron chi connectivity index (χ1n) is 9.67. The fourth-order valence-electron chi connectivity index (χ4n) is 5.08. The van der Waals surface area contributed by atoms with Crippen LogP contribution in [0.1, 0.15) is 41.5 Å². The van der Waals surface area contributed by atoms with E-state index in [2.05, 4.69) is 86.7 Å². The van der Waals surface area contributed by atoms with Gasteiger partial charge in [-0.15, -0.1) is 0 Å². The Morgan fingerprint density at radius 3 is 2.50 bits per heavy atom. The van der Waals surface area contributed by atoms with Gasteiger partial charge < -0.3 is 0 Å². The maximum Gasteiger partial charge on any atom is 0.0253 e. The number of benzene rings is 3. The average Bonchev–Trinajstić information content (AvgIpc) is 2.88. The van der Waals surface area contributed by atoms with Crippen LogP contribution < -0.4 is 0 Å². The summed E-state index contributed by atoms with van der Waals surface area (Å²) in [5.41, 5.74) is 8.84. The summed E-state index contributed by atoms with van der Waals surface area (Å²) < 4.78 is 0. The normalized spacial score (nSPS) is 23.3. The molecule has 0 saturated carbocycles. The van der Waals surface area contributed by atoms with E-state index < -0.39 is 0 Å². The predicted molar refractivity (Wildman–Crippen MR) is 112 cm³/mol. The van der Waals surface area contributed by atoms with Gasteiger partial charge in [-0.2, -0.15) is 0 Å². The molecule has 128 valence electrons. The summed E-state index contributed by atoms with van der Waals surface area (Å²) in [6.45, 7) is 4.49. The molecule has 0 saturated heterocycles. The van der Waals surface area contributed by atoms with Crippen LogP contribution in [-0.4, -0.2) is 0 Å². The molecule has 1 atom stereocenters. The highest BCUT2D eigenvalue weighted by Crippen LogP contribution is 2.56. The molecule has 26 heavy (non-hydrogen) atoms. The van der Waals surface area contributed by atoms with Crippen LogP contribution in [0.4, 0.5) is 0 Å². The zero-order valence-corrected chi connectivity index (χ0v) is 15.5. The molecule has 0 radical (unpaired) electrons. The van der Waals surface area contributed by atoms with Crippen molar-refractivity contribution < 1.29 is 0 Å². The number of fused-ring (bicyclic) bond motifs is 7. The number of hydrogen-bond donors (Lipinski definition) is 0. The summed E-state index contributed by atoms with van der Waals surface area (Å²) >= 11 is 0. The van der Waals surface area contributed by atoms with Crippen molar-refractivity contribution in [3.8, 4) is 11.1 Å². The highest BCUT2D eigenvalue weighted by Gasteiger charge is 2.42. The Morgan fingerprint density at radius 2 is 1.62 bits per heavy atom. The Hall–Kier alpha value is -2.60. The van der Waals surface area contributed by atoms with E-state index in [1.165, 1.54) is 50.6 Å². The first kappa shape index (κ1) is 15.6. The third-order valence-corrected chi connectivity index (χ3v) is 6.31. The van der Waals surface area contributed by atoms with Crippen molar-refractivity contribution >= 4 is 10.8 Å². The molecule has 0 N–H and O–H groups in total. The van der Waals surface area contributed by atoms with Crippen molar-refractivity contribution in [1.29, 1.82) is 0 Å². The van der Waals surface area contributed by atoms with Crippen molar-refractivity contribution in [3.63, 3.8) is 0 Å². The minimum Gasteiger partial charge on any atom is -0.0845 e. The molecule has 0 heteroatoms. The topological polar surface area (TPSA) is 0 Å².